The van der Waals surface area contributed by atoms with E-state index in [1.807, 2.05) is 0 Å². The Balaban J connectivity index is 2.34. The molecule has 1 saturated heterocycles. The molecule has 0 radical (unpaired) electrons. The highest BCUT2D eigenvalue weighted by Gasteiger charge is 2.41. The van der Waals surface area contributed by atoms with Crippen LogP contribution in [0, 0.1) is 0 Å². The number of benzene rings is 1. The van der Waals surface area contributed by atoms with E-state index in [0.717, 1.165) is 4.90 Å². The van der Waals surface area contributed by atoms with Gasteiger partial charge in [-0.3, -0.25) is 4.79 Å². The third kappa shape index (κ3) is 1.55. The number of azide groups is 1. The van der Waals surface area contributed by atoms with Crippen LogP contribution in [0.2, 0.25) is 0 Å². The van der Waals surface area contributed by atoms with E-state index in [1.54, 1.807) is 30.3 Å². The molecule has 0 bridgehead atoms. The smallest absolute Gasteiger partial charge is 0.422 e. The number of amides is 2. The van der Waals surface area contributed by atoms with Crippen LogP contribution in [0.1, 0.15) is 0 Å². The van der Waals surface area contributed by atoms with Crippen LogP contribution in [-0.2, 0) is 9.53 Å². The number of ether oxygens (including phenoxy) is 1. The first-order chi connectivity index (χ1) is 7.74. The van der Waals surface area contributed by atoms with Gasteiger partial charge in [-0.25, -0.2) is 9.69 Å². The fourth-order valence-electron chi connectivity index (χ4n) is 1.33. The van der Waals surface area contributed by atoms with Gasteiger partial charge in [-0.15, -0.1) is 0 Å². The lowest BCUT2D eigenvalue weighted by atomic mass is 10.3. The van der Waals surface area contributed by atoms with Crippen LogP contribution in [0.4, 0.5) is 10.5 Å². The molecule has 1 aromatic rings. The molecule has 7 nitrogen and oxygen atoms in total. The Morgan fingerprint density at radius 3 is 2.62 bits per heavy atom. The maximum absolute atomic E-state index is 11.6. The van der Waals surface area contributed by atoms with Gasteiger partial charge >= 0.3 is 6.09 Å². The Bertz CT molecular complexity index is 481. The van der Waals surface area contributed by atoms with E-state index in [2.05, 4.69) is 14.8 Å². The van der Waals surface area contributed by atoms with E-state index in [9.17, 15) is 9.59 Å². The van der Waals surface area contributed by atoms with Crippen molar-refractivity contribution in [2.24, 2.45) is 5.11 Å². The maximum Gasteiger partial charge on any atom is 0.422 e. The number of carbonyl (C=O) groups is 2. The SMILES string of the molecule is [N-]=[N+]=NC1OC(=O)N(c2ccccc2)C1=O. The van der Waals surface area contributed by atoms with Crippen LogP contribution in [0.15, 0.2) is 35.4 Å². The summed E-state index contributed by atoms with van der Waals surface area (Å²) in [4.78, 5) is 26.3. The number of carbonyl (C=O) groups excluding carboxylic acids is 2. The van der Waals surface area contributed by atoms with Crippen LogP contribution >= 0.6 is 0 Å². The molecule has 0 saturated carbocycles. The number of nitrogens with zero attached hydrogens (tertiary/aromatic N) is 4. The summed E-state index contributed by atoms with van der Waals surface area (Å²) in [6.45, 7) is 0. The van der Waals surface area contributed by atoms with Crippen LogP contribution in [0.25, 0.3) is 10.4 Å². The predicted molar refractivity (Wildman–Crippen MR) is 53.3 cm³/mol. The van der Waals surface area contributed by atoms with Gasteiger partial charge in [-0.05, 0) is 22.8 Å². The molecule has 80 valence electrons. The van der Waals surface area contributed by atoms with Gasteiger partial charge in [0.25, 0.3) is 12.1 Å². The van der Waals surface area contributed by atoms with Crippen molar-refractivity contribution in [2.45, 2.75) is 6.23 Å². The molecule has 1 atom stereocenters. The third-order valence-electron chi connectivity index (χ3n) is 2.00. The normalized spacial score (nSPS) is 19.2. The van der Waals surface area contributed by atoms with Gasteiger partial charge < -0.3 is 4.74 Å². The summed E-state index contributed by atoms with van der Waals surface area (Å²) >= 11 is 0. The molecule has 1 fully saturated rings. The number of para-hydroxylation sites is 1. The first-order valence-electron chi connectivity index (χ1n) is 4.38. The lowest BCUT2D eigenvalue weighted by molar-refractivity contribution is -0.121. The van der Waals surface area contributed by atoms with Crippen molar-refractivity contribution < 1.29 is 14.3 Å². The summed E-state index contributed by atoms with van der Waals surface area (Å²) in [6, 6.07) is 8.27. The Kier molecular flexibility index (Phi) is 2.45. The van der Waals surface area contributed by atoms with E-state index in [1.165, 1.54) is 0 Å². The highest BCUT2D eigenvalue weighted by Crippen LogP contribution is 2.22. The molecule has 1 aliphatic heterocycles. The topological polar surface area (TPSA) is 95.4 Å². The average molecular weight is 218 g/mol. The summed E-state index contributed by atoms with van der Waals surface area (Å²) in [5, 5.41) is 3.08. The molecule has 1 heterocycles. The lowest BCUT2D eigenvalue weighted by Gasteiger charge is -2.09. The van der Waals surface area contributed by atoms with Crippen molar-refractivity contribution in [3.63, 3.8) is 0 Å². The monoisotopic (exact) mass is 218 g/mol. The summed E-state index contributed by atoms with van der Waals surface area (Å²) in [7, 11) is 0. The molecule has 16 heavy (non-hydrogen) atoms. The number of anilines is 1. The van der Waals surface area contributed by atoms with Crippen molar-refractivity contribution >= 4 is 17.7 Å². The zero-order chi connectivity index (χ0) is 11.5. The van der Waals surface area contributed by atoms with Gasteiger partial charge in [0.15, 0.2) is 0 Å². The van der Waals surface area contributed by atoms with E-state index < -0.39 is 18.2 Å². The predicted octanol–water partition coefficient (Wildman–Crippen LogP) is 1.81. The molecule has 2 amide bonds. The first-order valence-corrected chi connectivity index (χ1v) is 4.38. The van der Waals surface area contributed by atoms with Crippen LogP contribution in [0.5, 0.6) is 0 Å². The van der Waals surface area contributed by atoms with Crippen LogP contribution < -0.4 is 4.90 Å². The summed E-state index contributed by atoms with van der Waals surface area (Å²) in [6.07, 6.45) is -2.24. The molecule has 0 spiro atoms. The Morgan fingerprint density at radius 1 is 1.31 bits per heavy atom. The maximum atomic E-state index is 11.6. The molecule has 1 aliphatic rings. The standard InChI is InChI=1S/C9H6N4O3/c10-12-11-7-8(14)13(9(15)16-7)6-4-2-1-3-5-6/h1-5,7H. The number of hydrogen-bond acceptors (Lipinski definition) is 4. The van der Waals surface area contributed by atoms with Crippen molar-refractivity contribution in [3.05, 3.63) is 40.8 Å². The molecule has 1 aromatic carbocycles. The lowest BCUT2D eigenvalue weighted by Crippen LogP contribution is -2.30. The second-order valence-corrected chi connectivity index (χ2v) is 2.95. The largest absolute Gasteiger partial charge is 0.429 e. The summed E-state index contributed by atoms with van der Waals surface area (Å²) in [5.41, 5.74) is 8.57. The molecular formula is C9H6N4O3. The first kappa shape index (κ1) is 10.0. The van der Waals surface area contributed by atoms with E-state index in [-0.39, 0.29) is 0 Å². The van der Waals surface area contributed by atoms with Crippen LogP contribution in [0.3, 0.4) is 0 Å². The number of cyclic esters (lactones) is 1. The van der Waals surface area contributed by atoms with Gasteiger partial charge in [0.2, 0.25) is 0 Å². The zero-order valence-electron chi connectivity index (χ0n) is 7.98. The molecule has 0 aromatic heterocycles. The van der Waals surface area contributed by atoms with Crippen molar-refractivity contribution in [1.82, 2.24) is 0 Å². The van der Waals surface area contributed by atoms with E-state index in [0.29, 0.717) is 5.69 Å². The van der Waals surface area contributed by atoms with Crippen molar-refractivity contribution in [2.75, 3.05) is 4.90 Å². The van der Waals surface area contributed by atoms with E-state index >= 15 is 0 Å². The quantitative estimate of drug-likeness (QED) is 0.430. The second-order valence-electron chi connectivity index (χ2n) is 2.95. The minimum atomic E-state index is -1.40. The number of rotatable bonds is 2. The number of imide groups is 1. The fourth-order valence-corrected chi connectivity index (χ4v) is 1.33. The minimum absolute atomic E-state index is 0.383. The molecule has 0 aliphatic carbocycles. The van der Waals surface area contributed by atoms with Gasteiger partial charge in [0.05, 0.1) is 5.69 Å². The average Bonchev–Trinajstić information content (AvgIpc) is 2.56. The van der Waals surface area contributed by atoms with Gasteiger partial charge in [0.1, 0.15) is 0 Å². The molecule has 7 heteroatoms. The fraction of sp³-hybridized carbons (Fsp3) is 0.111. The van der Waals surface area contributed by atoms with Crippen molar-refractivity contribution in [3.8, 4) is 0 Å². The van der Waals surface area contributed by atoms with E-state index in [4.69, 9.17) is 5.53 Å². The van der Waals surface area contributed by atoms with Gasteiger partial charge in [-0.1, -0.05) is 18.2 Å². The Morgan fingerprint density at radius 2 is 2.00 bits per heavy atom. The molecule has 1 unspecified atom stereocenters. The third-order valence-corrected chi connectivity index (χ3v) is 2.00. The highest BCUT2D eigenvalue weighted by molar-refractivity contribution is 6.18. The van der Waals surface area contributed by atoms with Gasteiger partial charge in [0, 0.05) is 4.91 Å². The van der Waals surface area contributed by atoms with Crippen LogP contribution in [-0.4, -0.2) is 18.2 Å². The zero-order valence-corrected chi connectivity index (χ0v) is 7.98. The summed E-state index contributed by atoms with van der Waals surface area (Å²) < 4.78 is 4.60. The van der Waals surface area contributed by atoms with Gasteiger partial charge in [-0.2, -0.15) is 0 Å². The molecule has 2 rings (SSSR count). The highest BCUT2D eigenvalue weighted by atomic mass is 16.6. The second kappa shape index (κ2) is 3.92. The molecular weight excluding hydrogens is 212 g/mol. The minimum Gasteiger partial charge on any atom is -0.429 e. The Labute approximate surface area is 89.9 Å². The summed E-state index contributed by atoms with van der Waals surface area (Å²) in [5.74, 6) is -0.686. The molecule has 0 N–H and O–H groups in total. The Hall–Kier alpha value is -2.53. The van der Waals surface area contributed by atoms with Crippen molar-refractivity contribution in [1.29, 1.82) is 0 Å². The number of hydrogen-bond donors (Lipinski definition) is 0.